The summed E-state index contributed by atoms with van der Waals surface area (Å²) in [4.78, 5) is 11.0. The zero-order valence-electron chi connectivity index (χ0n) is 17.0. The summed E-state index contributed by atoms with van der Waals surface area (Å²) < 4.78 is 45.8. The first-order valence-corrected chi connectivity index (χ1v) is 11.3. The number of fused-ring (bicyclic) bond motifs is 1. The van der Waals surface area contributed by atoms with E-state index in [0.29, 0.717) is 18.2 Å². The average Bonchev–Trinajstić information content (AvgIpc) is 3.18. The topological polar surface area (TPSA) is 156 Å². The summed E-state index contributed by atoms with van der Waals surface area (Å²) in [6.07, 6.45) is 0.881. The lowest BCUT2D eigenvalue weighted by Gasteiger charge is -2.09. The van der Waals surface area contributed by atoms with Gasteiger partial charge in [0.1, 0.15) is 5.58 Å². The van der Waals surface area contributed by atoms with Gasteiger partial charge >= 0.3 is 16.5 Å². The molecule has 2 aromatic carbocycles. The Morgan fingerprint density at radius 1 is 1.03 bits per heavy atom. The number of ether oxygens (including phenoxy) is 2. The number of phenolic OH excluding ortho intramolecular Hbond substituents is 1. The van der Waals surface area contributed by atoms with Gasteiger partial charge in [0.25, 0.3) is 9.84 Å². The maximum atomic E-state index is 12.7. The van der Waals surface area contributed by atoms with Crippen LogP contribution in [0.15, 0.2) is 78.4 Å². The van der Waals surface area contributed by atoms with Crippen LogP contribution >= 0.6 is 0 Å². The summed E-state index contributed by atoms with van der Waals surface area (Å²) in [6, 6.07) is 13.0. The molecule has 0 radical (unpaired) electrons. The maximum absolute atomic E-state index is 12.7. The first-order chi connectivity index (χ1) is 15.9. The third-order valence-corrected chi connectivity index (χ3v) is 6.32. The Hall–Kier alpha value is -4.06. The van der Waals surface area contributed by atoms with Gasteiger partial charge in [-0.25, -0.2) is 13.2 Å². The zero-order valence-corrected chi connectivity index (χ0v) is 17.9. The molecule has 4 aromatic rings. The summed E-state index contributed by atoms with van der Waals surface area (Å²) in [6.45, 7) is 0.223. The van der Waals surface area contributed by atoms with Gasteiger partial charge in [-0.15, -0.1) is 0 Å². The van der Waals surface area contributed by atoms with Crippen molar-refractivity contribution in [2.75, 3.05) is 13.2 Å². The van der Waals surface area contributed by atoms with Gasteiger partial charge in [-0.05, 0) is 42.0 Å². The lowest BCUT2D eigenvalue weighted by Crippen LogP contribution is -2.31. The highest BCUT2D eigenvalue weighted by Crippen LogP contribution is 2.31. The Labute approximate surface area is 186 Å². The van der Waals surface area contributed by atoms with Crippen LogP contribution in [0.25, 0.3) is 11.0 Å². The van der Waals surface area contributed by atoms with Gasteiger partial charge in [0.2, 0.25) is 0 Å². The number of sulfone groups is 1. The lowest BCUT2D eigenvalue weighted by molar-refractivity contribution is -0.832. The fourth-order valence-electron chi connectivity index (χ4n) is 3.00. The van der Waals surface area contributed by atoms with Crippen LogP contribution in [-0.2, 0) is 9.84 Å². The van der Waals surface area contributed by atoms with E-state index < -0.39 is 26.4 Å². The molecule has 12 heteroatoms. The molecule has 0 aliphatic rings. The molecule has 4 rings (SSSR count). The molecule has 0 fully saturated rings. The van der Waals surface area contributed by atoms with Crippen molar-refractivity contribution in [3.8, 4) is 17.4 Å². The van der Waals surface area contributed by atoms with Crippen LogP contribution in [0.1, 0.15) is 12.8 Å². The standard InChI is InChI=1S/C21H18N2O9S/c24-16-12-14-8-9-19(25)31-17(14)13-18(16)29-10-4-5-11-30-20-21(23(26)32-22-20)33(27,28)15-6-2-1-3-7-15/h1-3,6-9,12-13,24H,4-5,10-11H2. The van der Waals surface area contributed by atoms with E-state index in [9.17, 15) is 23.5 Å². The van der Waals surface area contributed by atoms with Gasteiger partial charge in [-0.1, -0.05) is 18.2 Å². The van der Waals surface area contributed by atoms with Crippen LogP contribution in [0.4, 0.5) is 0 Å². The molecule has 0 unspecified atom stereocenters. The summed E-state index contributed by atoms with van der Waals surface area (Å²) in [7, 11) is -4.18. The van der Waals surface area contributed by atoms with Gasteiger partial charge in [0.15, 0.2) is 11.5 Å². The Balaban J connectivity index is 1.33. The monoisotopic (exact) mass is 474 g/mol. The van der Waals surface area contributed by atoms with E-state index in [1.807, 2.05) is 0 Å². The quantitative estimate of drug-likeness (QED) is 0.217. The summed E-state index contributed by atoms with van der Waals surface area (Å²) in [5.74, 6) is -0.388. The molecule has 0 amide bonds. The second kappa shape index (κ2) is 9.20. The van der Waals surface area contributed by atoms with Crippen molar-refractivity contribution in [3.63, 3.8) is 0 Å². The van der Waals surface area contributed by atoms with E-state index in [1.165, 1.54) is 48.5 Å². The molecule has 33 heavy (non-hydrogen) atoms. The molecule has 1 N–H and O–H groups in total. The maximum Gasteiger partial charge on any atom is 0.414 e. The summed E-state index contributed by atoms with van der Waals surface area (Å²) >= 11 is 0. The van der Waals surface area contributed by atoms with Crippen LogP contribution < -0.4 is 20.0 Å². The third kappa shape index (κ3) is 4.75. The van der Waals surface area contributed by atoms with E-state index in [-0.39, 0.29) is 40.1 Å². The van der Waals surface area contributed by atoms with Crippen molar-refractivity contribution < 1.29 is 36.9 Å². The number of nitrogens with zero attached hydrogens (tertiary/aromatic N) is 2. The number of hydrogen-bond acceptors (Lipinski definition) is 10. The number of aromatic hydroxyl groups is 1. The lowest BCUT2D eigenvalue weighted by atomic mass is 10.2. The van der Waals surface area contributed by atoms with Crippen molar-refractivity contribution in [2.45, 2.75) is 22.8 Å². The van der Waals surface area contributed by atoms with Crippen LogP contribution in [0.5, 0.6) is 17.4 Å². The summed E-state index contributed by atoms with van der Waals surface area (Å²) in [5, 5.41) is 25.1. The second-order valence-electron chi connectivity index (χ2n) is 6.87. The Morgan fingerprint density at radius 3 is 2.52 bits per heavy atom. The SMILES string of the molecule is O=c1ccc2cc(O)c(OCCCCOc3no[n+]([O-])c3S(=O)(=O)c3ccccc3)cc2o1. The minimum absolute atomic E-state index is 0.0335. The highest BCUT2D eigenvalue weighted by molar-refractivity contribution is 7.91. The zero-order chi connectivity index (χ0) is 23.4. The molecule has 0 bridgehead atoms. The van der Waals surface area contributed by atoms with Gasteiger partial charge in [-0.3, -0.25) is 4.63 Å². The molecule has 2 heterocycles. The molecular weight excluding hydrogens is 456 g/mol. The molecule has 0 spiro atoms. The smallest absolute Gasteiger partial charge is 0.414 e. The van der Waals surface area contributed by atoms with Crippen molar-refractivity contribution in [3.05, 3.63) is 70.2 Å². The van der Waals surface area contributed by atoms with Crippen LogP contribution in [0.3, 0.4) is 0 Å². The highest BCUT2D eigenvalue weighted by atomic mass is 32.2. The Morgan fingerprint density at radius 2 is 1.76 bits per heavy atom. The molecule has 0 aliphatic heterocycles. The molecule has 0 atom stereocenters. The van der Waals surface area contributed by atoms with Gasteiger partial charge in [0.05, 0.1) is 23.3 Å². The number of benzene rings is 2. The fourth-order valence-corrected chi connectivity index (χ4v) is 4.29. The van der Waals surface area contributed by atoms with Gasteiger partial charge < -0.3 is 24.2 Å². The van der Waals surface area contributed by atoms with Crippen molar-refractivity contribution in [2.24, 2.45) is 0 Å². The minimum atomic E-state index is -4.18. The Bertz CT molecular complexity index is 1430. The third-order valence-electron chi connectivity index (χ3n) is 4.59. The molecule has 0 saturated heterocycles. The molecular formula is C21H18N2O9S. The number of hydrogen-bond donors (Lipinski definition) is 1. The molecule has 172 valence electrons. The predicted molar refractivity (Wildman–Crippen MR) is 112 cm³/mol. The van der Waals surface area contributed by atoms with Crippen LogP contribution in [-0.4, -0.2) is 31.9 Å². The van der Waals surface area contributed by atoms with E-state index >= 15 is 0 Å². The predicted octanol–water partition coefficient (Wildman–Crippen LogP) is 2.19. The number of unbranched alkanes of at least 4 members (excludes halogenated alkanes) is 1. The molecule has 2 aromatic heterocycles. The van der Waals surface area contributed by atoms with Gasteiger partial charge in [-0.2, -0.15) is 0 Å². The largest absolute Gasteiger partial charge is 0.504 e. The van der Waals surface area contributed by atoms with E-state index in [4.69, 9.17) is 13.9 Å². The normalized spacial score (nSPS) is 11.5. The van der Waals surface area contributed by atoms with Crippen molar-refractivity contribution in [1.29, 1.82) is 0 Å². The Kier molecular flexibility index (Phi) is 6.18. The summed E-state index contributed by atoms with van der Waals surface area (Å²) in [5.41, 5.74) is -0.236. The van der Waals surface area contributed by atoms with Crippen LogP contribution in [0, 0.1) is 5.21 Å². The first-order valence-electron chi connectivity index (χ1n) is 9.78. The molecule has 0 saturated carbocycles. The average molecular weight is 474 g/mol. The first kappa shape index (κ1) is 22.1. The second-order valence-corrected chi connectivity index (χ2v) is 8.74. The molecule has 0 aliphatic carbocycles. The van der Waals surface area contributed by atoms with E-state index in [0.717, 1.165) is 0 Å². The van der Waals surface area contributed by atoms with Gasteiger partial charge in [0, 0.05) is 17.5 Å². The molecule has 11 nitrogen and oxygen atoms in total. The number of rotatable bonds is 9. The van der Waals surface area contributed by atoms with Crippen molar-refractivity contribution in [1.82, 2.24) is 5.16 Å². The van der Waals surface area contributed by atoms with Crippen molar-refractivity contribution >= 4 is 20.8 Å². The number of aromatic nitrogens is 2. The number of phenols is 1. The van der Waals surface area contributed by atoms with E-state index in [1.54, 1.807) is 6.07 Å². The van der Waals surface area contributed by atoms with E-state index in [2.05, 4.69) is 9.79 Å². The van der Waals surface area contributed by atoms with Crippen LogP contribution in [0.2, 0.25) is 0 Å². The minimum Gasteiger partial charge on any atom is -0.504 e. The fraction of sp³-hybridized carbons (Fsp3) is 0.190. The highest BCUT2D eigenvalue weighted by Gasteiger charge is 2.35.